The third kappa shape index (κ3) is 3.96. The second kappa shape index (κ2) is 8.05. The van der Waals surface area contributed by atoms with Crippen LogP contribution in [0.15, 0.2) is 40.1 Å². The molecule has 2 aromatic rings. The lowest BCUT2D eigenvalue weighted by atomic mass is 10.0. The molecule has 0 spiro atoms. The third-order valence-corrected chi connectivity index (χ3v) is 4.47. The zero-order valence-electron chi connectivity index (χ0n) is 14.7. The number of ether oxygens (including phenoxy) is 2. The first-order valence-electron chi connectivity index (χ1n) is 8.62. The van der Waals surface area contributed by atoms with Gasteiger partial charge in [0, 0.05) is 6.20 Å². The Balaban J connectivity index is 1.88. The molecule has 1 aliphatic rings. The molecular weight excluding hydrogens is 356 g/mol. The third-order valence-electron chi connectivity index (χ3n) is 4.47. The maximum Gasteiger partial charge on any atom is 0.328 e. The van der Waals surface area contributed by atoms with E-state index in [2.05, 4.69) is 4.98 Å². The first kappa shape index (κ1) is 19.3. The van der Waals surface area contributed by atoms with Crippen molar-refractivity contribution < 1.29 is 24.8 Å². The van der Waals surface area contributed by atoms with E-state index in [0.29, 0.717) is 12.4 Å². The van der Waals surface area contributed by atoms with Gasteiger partial charge in [-0.05, 0) is 24.6 Å². The van der Waals surface area contributed by atoms with Crippen LogP contribution in [-0.4, -0.2) is 56.4 Å². The molecular formula is C18H22N2O7. The molecule has 0 unspecified atom stereocenters. The largest absolute Gasteiger partial charge is 0.494 e. The van der Waals surface area contributed by atoms with Crippen molar-refractivity contribution >= 4 is 0 Å². The van der Waals surface area contributed by atoms with Crippen molar-refractivity contribution in [3.63, 3.8) is 0 Å². The molecule has 4 atom stereocenters. The number of H-pyrrole nitrogens is 1. The van der Waals surface area contributed by atoms with Crippen LogP contribution in [0.1, 0.15) is 24.2 Å². The van der Waals surface area contributed by atoms with Gasteiger partial charge in [-0.25, -0.2) is 4.79 Å². The Kier molecular flexibility index (Phi) is 5.76. The standard InChI is InChI=1S/C18H22N2O7/c1-2-26-11-5-3-10(4-6-11)7-20-8-12(17(24)19-18(20)25)16-15(23)14(22)13(9-21)27-16/h3-6,8,13-16,21-23H,2,7,9H2,1H3,(H,19,24,25)/t13-,14-,15-,16+/m1/s1. The highest BCUT2D eigenvalue weighted by Crippen LogP contribution is 2.31. The number of rotatable bonds is 6. The average molecular weight is 378 g/mol. The summed E-state index contributed by atoms with van der Waals surface area (Å²) in [5.74, 6) is 0.710. The maximum atomic E-state index is 12.2. The number of nitrogens with one attached hydrogen (secondary N) is 1. The monoisotopic (exact) mass is 378 g/mol. The van der Waals surface area contributed by atoms with Crippen LogP contribution in [0.3, 0.4) is 0 Å². The molecule has 9 heteroatoms. The Hall–Kier alpha value is -2.46. The van der Waals surface area contributed by atoms with Crippen LogP contribution >= 0.6 is 0 Å². The van der Waals surface area contributed by atoms with E-state index in [1.165, 1.54) is 10.8 Å². The van der Waals surface area contributed by atoms with Gasteiger partial charge in [-0.15, -0.1) is 0 Å². The van der Waals surface area contributed by atoms with Crippen molar-refractivity contribution in [2.45, 2.75) is 37.9 Å². The van der Waals surface area contributed by atoms with Gasteiger partial charge in [0.25, 0.3) is 5.56 Å². The van der Waals surface area contributed by atoms with Crippen LogP contribution in [-0.2, 0) is 11.3 Å². The molecule has 0 saturated carbocycles. The molecule has 1 aliphatic heterocycles. The predicted octanol–water partition coefficient (Wildman–Crippen LogP) is -0.862. The molecule has 1 aromatic carbocycles. The van der Waals surface area contributed by atoms with E-state index in [-0.39, 0.29) is 12.1 Å². The molecule has 9 nitrogen and oxygen atoms in total. The summed E-state index contributed by atoms with van der Waals surface area (Å²) < 4.78 is 12.0. The number of nitrogens with zero attached hydrogens (tertiary/aromatic N) is 1. The minimum absolute atomic E-state index is 0.00281. The highest BCUT2D eigenvalue weighted by Gasteiger charge is 2.44. The summed E-state index contributed by atoms with van der Waals surface area (Å²) in [5, 5.41) is 29.2. The van der Waals surface area contributed by atoms with E-state index in [1.807, 2.05) is 6.92 Å². The van der Waals surface area contributed by atoms with Crippen LogP contribution in [0.5, 0.6) is 5.75 Å². The highest BCUT2D eigenvalue weighted by molar-refractivity contribution is 5.27. The number of aliphatic hydroxyl groups excluding tert-OH is 3. The molecule has 1 aromatic heterocycles. The summed E-state index contributed by atoms with van der Waals surface area (Å²) in [5.41, 5.74) is -0.509. The molecule has 1 fully saturated rings. The highest BCUT2D eigenvalue weighted by atomic mass is 16.6. The van der Waals surface area contributed by atoms with Gasteiger partial charge < -0.3 is 24.8 Å². The van der Waals surface area contributed by atoms with Gasteiger partial charge in [-0.2, -0.15) is 0 Å². The fraction of sp³-hybridized carbons (Fsp3) is 0.444. The summed E-state index contributed by atoms with van der Waals surface area (Å²) in [4.78, 5) is 26.5. The molecule has 3 rings (SSSR count). The molecule has 0 radical (unpaired) electrons. The second-order valence-electron chi connectivity index (χ2n) is 6.31. The van der Waals surface area contributed by atoms with Crippen molar-refractivity contribution in [3.8, 4) is 5.75 Å². The lowest BCUT2D eigenvalue weighted by molar-refractivity contribution is -0.0233. The first-order chi connectivity index (χ1) is 12.9. The smallest absolute Gasteiger partial charge is 0.328 e. The molecule has 2 heterocycles. The van der Waals surface area contributed by atoms with E-state index in [9.17, 15) is 24.9 Å². The number of hydrogen-bond acceptors (Lipinski definition) is 7. The number of hydrogen-bond donors (Lipinski definition) is 4. The minimum atomic E-state index is -1.39. The predicted molar refractivity (Wildman–Crippen MR) is 94.7 cm³/mol. The van der Waals surface area contributed by atoms with E-state index in [1.54, 1.807) is 24.3 Å². The SMILES string of the molecule is CCOc1ccc(Cn2cc([C@@H]3O[C@H](CO)[C@@H](O)[C@H]3O)c(=O)[nH]c2=O)cc1. The summed E-state index contributed by atoms with van der Waals surface area (Å²) >= 11 is 0. The average Bonchev–Trinajstić information content (AvgIpc) is 2.94. The van der Waals surface area contributed by atoms with Crippen LogP contribution in [0, 0.1) is 0 Å². The van der Waals surface area contributed by atoms with Crippen molar-refractivity contribution in [1.82, 2.24) is 9.55 Å². The number of aromatic nitrogens is 2. The van der Waals surface area contributed by atoms with Gasteiger partial charge in [-0.3, -0.25) is 14.3 Å². The van der Waals surface area contributed by atoms with Crippen molar-refractivity contribution in [3.05, 3.63) is 62.4 Å². The maximum absolute atomic E-state index is 12.2. The Bertz CT molecular complexity index is 890. The topological polar surface area (TPSA) is 134 Å². The first-order valence-corrected chi connectivity index (χ1v) is 8.62. The molecule has 4 N–H and O–H groups in total. The van der Waals surface area contributed by atoms with Gasteiger partial charge >= 0.3 is 5.69 Å². The minimum Gasteiger partial charge on any atom is -0.494 e. The van der Waals surface area contributed by atoms with Crippen LogP contribution in [0.25, 0.3) is 0 Å². The van der Waals surface area contributed by atoms with Crippen molar-refractivity contribution in [2.24, 2.45) is 0 Å². The lowest BCUT2D eigenvalue weighted by Crippen LogP contribution is -2.36. The normalized spacial score (nSPS) is 24.9. The molecule has 146 valence electrons. The van der Waals surface area contributed by atoms with E-state index >= 15 is 0 Å². The Morgan fingerprint density at radius 2 is 1.89 bits per heavy atom. The molecule has 0 aliphatic carbocycles. The molecule has 1 saturated heterocycles. The van der Waals surface area contributed by atoms with E-state index in [0.717, 1.165) is 5.56 Å². The summed E-state index contributed by atoms with van der Waals surface area (Å²) in [6, 6.07) is 7.16. The summed E-state index contributed by atoms with van der Waals surface area (Å²) in [6.07, 6.45) is -3.56. The summed E-state index contributed by atoms with van der Waals surface area (Å²) in [7, 11) is 0. The fourth-order valence-corrected chi connectivity index (χ4v) is 3.06. The van der Waals surface area contributed by atoms with E-state index in [4.69, 9.17) is 9.47 Å². The van der Waals surface area contributed by atoms with E-state index < -0.39 is 42.3 Å². The summed E-state index contributed by atoms with van der Waals surface area (Å²) in [6.45, 7) is 2.11. The van der Waals surface area contributed by atoms with Crippen molar-refractivity contribution in [1.29, 1.82) is 0 Å². The quantitative estimate of drug-likeness (QED) is 0.514. The lowest BCUT2D eigenvalue weighted by Gasteiger charge is -2.15. The Morgan fingerprint density at radius 3 is 2.48 bits per heavy atom. The number of aromatic amines is 1. The van der Waals surface area contributed by atoms with Gasteiger partial charge in [0.2, 0.25) is 0 Å². The van der Waals surface area contributed by atoms with Crippen LogP contribution in [0.4, 0.5) is 0 Å². The molecule has 0 amide bonds. The van der Waals surface area contributed by atoms with Crippen LogP contribution < -0.4 is 16.0 Å². The fourth-order valence-electron chi connectivity index (χ4n) is 3.06. The Labute approximate surface area is 154 Å². The number of aliphatic hydroxyl groups is 3. The zero-order chi connectivity index (χ0) is 19.6. The van der Waals surface area contributed by atoms with Gasteiger partial charge in [0.15, 0.2) is 0 Å². The zero-order valence-corrected chi connectivity index (χ0v) is 14.7. The molecule has 0 bridgehead atoms. The van der Waals surface area contributed by atoms with Gasteiger partial charge in [0.1, 0.15) is 30.2 Å². The van der Waals surface area contributed by atoms with Gasteiger partial charge in [-0.1, -0.05) is 12.1 Å². The Morgan fingerprint density at radius 1 is 1.19 bits per heavy atom. The number of benzene rings is 1. The van der Waals surface area contributed by atoms with Crippen molar-refractivity contribution in [2.75, 3.05) is 13.2 Å². The molecule has 27 heavy (non-hydrogen) atoms. The van der Waals surface area contributed by atoms with Crippen LogP contribution in [0.2, 0.25) is 0 Å². The second-order valence-corrected chi connectivity index (χ2v) is 6.31. The van der Waals surface area contributed by atoms with Gasteiger partial charge in [0.05, 0.1) is 25.3 Å².